The summed E-state index contributed by atoms with van der Waals surface area (Å²) < 4.78 is 1.19. The van der Waals surface area contributed by atoms with Gasteiger partial charge < -0.3 is 15.7 Å². The van der Waals surface area contributed by atoms with Crippen LogP contribution >= 0.6 is 46.7 Å². The number of aromatic nitrogens is 1. The van der Waals surface area contributed by atoms with E-state index in [1.54, 1.807) is 29.7 Å². The van der Waals surface area contributed by atoms with E-state index in [2.05, 4.69) is 45.7 Å². The number of fused-ring (bicyclic) bond motifs is 1. The molecule has 2 aromatic heterocycles. The van der Waals surface area contributed by atoms with E-state index < -0.39 is 6.10 Å². The number of thiazole rings is 1. The Morgan fingerprint density at radius 2 is 2.07 bits per heavy atom. The molecule has 0 bridgehead atoms. The van der Waals surface area contributed by atoms with Crippen LogP contribution in [0.15, 0.2) is 41.5 Å². The van der Waals surface area contributed by atoms with Crippen molar-refractivity contribution < 1.29 is 5.11 Å². The molecule has 1 unspecified atom stereocenters. The molecule has 0 fully saturated rings. The SMILES string of the molecule is CCc1cnc(CCNC(=NC)NCC(O)c2cc3ccccc3s2)s1.I. The molecule has 0 amide bonds. The van der Waals surface area contributed by atoms with Gasteiger partial charge in [0, 0.05) is 47.2 Å². The van der Waals surface area contributed by atoms with E-state index in [4.69, 9.17) is 0 Å². The fraction of sp³-hybridized carbons (Fsp3) is 0.368. The molecule has 5 nitrogen and oxygen atoms in total. The predicted molar refractivity (Wildman–Crippen MR) is 127 cm³/mol. The fourth-order valence-corrected chi connectivity index (χ4v) is 4.51. The van der Waals surface area contributed by atoms with Crippen molar-refractivity contribution in [3.63, 3.8) is 0 Å². The highest BCUT2D eigenvalue weighted by atomic mass is 127. The molecule has 0 saturated carbocycles. The number of aliphatic hydroxyl groups is 1. The Labute approximate surface area is 185 Å². The number of nitrogens with one attached hydrogen (secondary N) is 2. The minimum absolute atomic E-state index is 0. The van der Waals surface area contributed by atoms with Gasteiger partial charge in [0.2, 0.25) is 0 Å². The second kappa shape index (κ2) is 10.9. The maximum atomic E-state index is 10.5. The number of aliphatic hydroxyl groups excluding tert-OH is 1. The quantitative estimate of drug-likeness (QED) is 0.253. The maximum Gasteiger partial charge on any atom is 0.191 e. The lowest BCUT2D eigenvalue weighted by molar-refractivity contribution is 0.184. The van der Waals surface area contributed by atoms with Crippen molar-refractivity contribution in [1.82, 2.24) is 15.6 Å². The van der Waals surface area contributed by atoms with Crippen LogP contribution in [0, 0.1) is 0 Å². The first-order valence-corrected chi connectivity index (χ1v) is 10.4. The third-order valence-corrected chi connectivity index (χ3v) is 6.46. The number of hydrogen-bond donors (Lipinski definition) is 3. The molecular weight excluding hydrogens is 491 g/mol. The third-order valence-electron chi connectivity index (χ3n) is 4.04. The van der Waals surface area contributed by atoms with Crippen molar-refractivity contribution in [3.8, 4) is 0 Å². The van der Waals surface area contributed by atoms with Gasteiger partial charge in [0.25, 0.3) is 0 Å². The van der Waals surface area contributed by atoms with Crippen LogP contribution in [0.3, 0.4) is 0 Å². The smallest absolute Gasteiger partial charge is 0.191 e. The first-order chi connectivity index (χ1) is 12.7. The van der Waals surface area contributed by atoms with E-state index >= 15 is 0 Å². The number of thiophene rings is 1. The van der Waals surface area contributed by atoms with Crippen molar-refractivity contribution in [3.05, 3.63) is 51.3 Å². The van der Waals surface area contributed by atoms with Crippen LogP contribution in [-0.2, 0) is 12.8 Å². The summed E-state index contributed by atoms with van der Waals surface area (Å²) in [4.78, 5) is 10.9. The first kappa shape index (κ1) is 22.1. The average molecular weight is 516 g/mol. The van der Waals surface area contributed by atoms with Crippen LogP contribution in [0.1, 0.15) is 27.8 Å². The molecule has 0 radical (unpaired) electrons. The Kier molecular flexibility index (Phi) is 8.94. The molecular formula is C19H25IN4OS2. The molecule has 8 heteroatoms. The van der Waals surface area contributed by atoms with E-state index in [1.165, 1.54) is 15.0 Å². The van der Waals surface area contributed by atoms with Gasteiger partial charge in [0.1, 0.15) is 6.10 Å². The normalized spacial score (nSPS) is 12.6. The monoisotopic (exact) mass is 516 g/mol. The van der Waals surface area contributed by atoms with E-state index in [0.29, 0.717) is 12.5 Å². The predicted octanol–water partition coefficient (Wildman–Crippen LogP) is 3.98. The molecule has 1 aromatic carbocycles. The van der Waals surface area contributed by atoms with Crippen LogP contribution in [0.25, 0.3) is 10.1 Å². The molecule has 1 atom stereocenters. The number of nitrogens with zero attached hydrogens (tertiary/aromatic N) is 2. The topological polar surface area (TPSA) is 69.5 Å². The lowest BCUT2D eigenvalue weighted by atomic mass is 10.2. The Balaban J connectivity index is 0.00000261. The first-order valence-electron chi connectivity index (χ1n) is 8.74. The van der Waals surface area contributed by atoms with Crippen LogP contribution in [0.5, 0.6) is 0 Å². The molecule has 0 spiro atoms. The molecule has 3 N–H and O–H groups in total. The van der Waals surface area contributed by atoms with Gasteiger partial charge in [-0.15, -0.1) is 46.7 Å². The summed E-state index contributed by atoms with van der Waals surface area (Å²) in [5, 5.41) is 19.2. The van der Waals surface area contributed by atoms with Gasteiger partial charge in [-0.25, -0.2) is 4.98 Å². The van der Waals surface area contributed by atoms with E-state index in [9.17, 15) is 5.11 Å². The van der Waals surface area contributed by atoms with Crippen molar-refractivity contribution >= 4 is 62.7 Å². The highest BCUT2D eigenvalue weighted by molar-refractivity contribution is 14.0. The van der Waals surface area contributed by atoms with E-state index in [1.807, 2.05) is 18.3 Å². The summed E-state index contributed by atoms with van der Waals surface area (Å²) in [5.74, 6) is 0.692. The molecule has 27 heavy (non-hydrogen) atoms. The lowest BCUT2D eigenvalue weighted by Crippen LogP contribution is -2.40. The fourth-order valence-electron chi connectivity index (χ4n) is 2.60. The van der Waals surface area contributed by atoms with Gasteiger partial charge in [-0.2, -0.15) is 0 Å². The Morgan fingerprint density at radius 3 is 2.78 bits per heavy atom. The second-order valence-corrected chi connectivity index (χ2v) is 8.22. The van der Waals surface area contributed by atoms with Crippen molar-refractivity contribution in [2.75, 3.05) is 20.1 Å². The zero-order chi connectivity index (χ0) is 18.4. The van der Waals surface area contributed by atoms with Gasteiger partial charge >= 0.3 is 0 Å². The molecule has 0 aliphatic heterocycles. The molecule has 146 valence electrons. The molecule has 0 aliphatic carbocycles. The van der Waals surface area contributed by atoms with Crippen LogP contribution in [0.2, 0.25) is 0 Å². The average Bonchev–Trinajstić information content (AvgIpc) is 3.30. The molecule has 3 aromatic rings. The lowest BCUT2D eigenvalue weighted by Gasteiger charge is -2.14. The Hall–Kier alpha value is -1.23. The van der Waals surface area contributed by atoms with Crippen LogP contribution < -0.4 is 10.6 Å². The zero-order valence-corrected chi connectivity index (χ0v) is 19.4. The summed E-state index contributed by atoms with van der Waals surface area (Å²) in [7, 11) is 1.74. The van der Waals surface area contributed by atoms with Crippen LogP contribution in [0.4, 0.5) is 0 Å². The number of rotatable bonds is 7. The number of benzene rings is 1. The Morgan fingerprint density at radius 1 is 1.26 bits per heavy atom. The summed E-state index contributed by atoms with van der Waals surface area (Å²) in [6, 6.07) is 10.2. The summed E-state index contributed by atoms with van der Waals surface area (Å²) in [6.07, 6.45) is 3.29. The van der Waals surface area contributed by atoms with E-state index in [-0.39, 0.29) is 24.0 Å². The minimum Gasteiger partial charge on any atom is -0.386 e. The molecule has 2 heterocycles. The zero-order valence-electron chi connectivity index (χ0n) is 15.4. The van der Waals surface area contributed by atoms with Gasteiger partial charge in [0.05, 0.1) is 5.01 Å². The van der Waals surface area contributed by atoms with Gasteiger partial charge in [-0.05, 0) is 23.9 Å². The summed E-state index contributed by atoms with van der Waals surface area (Å²) in [5.41, 5.74) is 0. The maximum absolute atomic E-state index is 10.5. The van der Waals surface area contributed by atoms with Crippen molar-refractivity contribution in [1.29, 1.82) is 0 Å². The Bertz CT molecular complexity index is 844. The highest BCUT2D eigenvalue weighted by Crippen LogP contribution is 2.29. The summed E-state index contributed by atoms with van der Waals surface area (Å²) >= 11 is 3.39. The van der Waals surface area contributed by atoms with Gasteiger partial charge in [-0.1, -0.05) is 25.1 Å². The van der Waals surface area contributed by atoms with Gasteiger partial charge in [0.15, 0.2) is 5.96 Å². The number of aryl methyl sites for hydroxylation is 1. The number of hydrogen-bond acceptors (Lipinski definition) is 5. The van der Waals surface area contributed by atoms with Crippen molar-refractivity contribution in [2.45, 2.75) is 25.9 Å². The third kappa shape index (κ3) is 6.13. The number of aliphatic imine (C=N–C) groups is 1. The number of halogens is 1. The number of guanidine groups is 1. The minimum atomic E-state index is -0.558. The summed E-state index contributed by atoms with van der Waals surface area (Å²) in [6.45, 7) is 3.32. The highest BCUT2D eigenvalue weighted by Gasteiger charge is 2.12. The van der Waals surface area contributed by atoms with Crippen molar-refractivity contribution in [2.24, 2.45) is 4.99 Å². The largest absolute Gasteiger partial charge is 0.386 e. The van der Waals surface area contributed by atoms with E-state index in [0.717, 1.165) is 29.3 Å². The van der Waals surface area contributed by atoms with Gasteiger partial charge in [-0.3, -0.25) is 4.99 Å². The molecule has 0 aliphatic rings. The van der Waals surface area contributed by atoms with Crippen LogP contribution in [-0.4, -0.2) is 36.2 Å². The molecule has 3 rings (SSSR count). The second-order valence-electron chi connectivity index (χ2n) is 5.91. The standard InChI is InChI=1S/C19H24N4OS2.HI/c1-3-14-11-22-18(25-14)8-9-21-19(20-2)23-12-15(24)17-10-13-6-4-5-7-16(13)26-17;/h4-7,10-11,15,24H,3,8-9,12H2,1-2H3,(H2,20,21,23);1H. The molecule has 0 saturated heterocycles.